The number of carbonyl (C=O) groups is 1. The van der Waals surface area contributed by atoms with Crippen molar-refractivity contribution < 1.29 is 20.1 Å². The van der Waals surface area contributed by atoms with Gasteiger partial charge in [-0.3, -0.25) is 0 Å². The lowest BCUT2D eigenvalue weighted by Gasteiger charge is -2.18. The Hall–Kier alpha value is -2.28. The molecule has 2 atom stereocenters. The molecule has 19 heavy (non-hydrogen) atoms. The number of azide groups is 1. The number of rotatable bonds is 6. The van der Waals surface area contributed by atoms with Gasteiger partial charge in [-0.05, 0) is 29.6 Å². The van der Waals surface area contributed by atoms with Crippen molar-refractivity contribution in [2.75, 3.05) is 12.3 Å². The van der Waals surface area contributed by atoms with E-state index in [2.05, 4.69) is 10.0 Å². The van der Waals surface area contributed by atoms with E-state index in [9.17, 15) is 15.0 Å². The van der Waals surface area contributed by atoms with Crippen LogP contribution in [0, 0.1) is 0 Å². The number of aliphatic hydroxyl groups excluding tert-OH is 2. The predicted molar refractivity (Wildman–Crippen MR) is 67.4 cm³/mol. The Labute approximate surface area is 108 Å². The van der Waals surface area contributed by atoms with Gasteiger partial charge >= 0.3 is 5.97 Å². The molecule has 0 spiro atoms. The summed E-state index contributed by atoms with van der Waals surface area (Å²) in [6.45, 7) is 0.0530. The third-order valence-electron chi connectivity index (χ3n) is 2.60. The maximum Gasteiger partial charge on any atom is 0.337 e. The van der Waals surface area contributed by atoms with E-state index in [4.69, 9.17) is 16.4 Å². The first-order chi connectivity index (χ1) is 8.97. The zero-order chi connectivity index (χ0) is 14.4. The van der Waals surface area contributed by atoms with Crippen LogP contribution in [0.15, 0.2) is 23.3 Å². The van der Waals surface area contributed by atoms with Crippen LogP contribution in [0.4, 0.5) is 5.69 Å². The number of carboxylic acid groups (broad SMARTS) is 1. The van der Waals surface area contributed by atoms with Gasteiger partial charge in [-0.2, -0.15) is 0 Å². The molecule has 1 rings (SSSR count). The molecule has 0 aliphatic carbocycles. The number of hydrogen-bond acceptors (Lipinski definition) is 5. The maximum absolute atomic E-state index is 10.8. The predicted octanol–water partition coefficient (Wildman–Crippen LogP) is 1.06. The lowest BCUT2D eigenvalue weighted by molar-refractivity contribution is 0.0150. The SMILES string of the molecule is [N-]=[N+]=NCCC(O)C(O)c1ccc(C(=O)O)c(N)c1. The first-order valence-corrected chi connectivity index (χ1v) is 5.47. The molecular formula is C11H14N4O4. The van der Waals surface area contributed by atoms with Crippen molar-refractivity contribution in [3.05, 3.63) is 39.8 Å². The minimum atomic E-state index is -1.22. The number of aliphatic hydroxyl groups is 2. The fourth-order valence-electron chi connectivity index (χ4n) is 1.57. The highest BCUT2D eigenvalue weighted by Gasteiger charge is 2.19. The third kappa shape index (κ3) is 3.85. The molecule has 0 radical (unpaired) electrons. The lowest BCUT2D eigenvalue weighted by Crippen LogP contribution is -2.19. The molecule has 1 aromatic rings. The fourth-order valence-corrected chi connectivity index (χ4v) is 1.57. The minimum Gasteiger partial charge on any atom is -0.478 e. The highest BCUT2D eigenvalue weighted by atomic mass is 16.4. The zero-order valence-corrected chi connectivity index (χ0v) is 9.97. The maximum atomic E-state index is 10.8. The van der Waals surface area contributed by atoms with E-state index in [1.807, 2.05) is 0 Å². The van der Waals surface area contributed by atoms with E-state index < -0.39 is 18.2 Å². The molecule has 0 saturated carbocycles. The smallest absolute Gasteiger partial charge is 0.337 e. The van der Waals surface area contributed by atoms with E-state index in [0.717, 1.165) is 0 Å². The Morgan fingerprint density at radius 2 is 2.16 bits per heavy atom. The summed E-state index contributed by atoms with van der Waals surface area (Å²) in [5.74, 6) is -1.16. The number of nitrogens with zero attached hydrogens (tertiary/aromatic N) is 3. The van der Waals surface area contributed by atoms with Crippen LogP contribution in [0.5, 0.6) is 0 Å². The normalized spacial score (nSPS) is 13.4. The van der Waals surface area contributed by atoms with Crippen LogP contribution < -0.4 is 5.73 Å². The second kappa shape index (κ2) is 6.60. The topological polar surface area (TPSA) is 153 Å². The average molecular weight is 266 g/mol. The molecular weight excluding hydrogens is 252 g/mol. The van der Waals surface area contributed by atoms with Crippen LogP contribution in [0.1, 0.15) is 28.4 Å². The van der Waals surface area contributed by atoms with Gasteiger partial charge in [0.2, 0.25) is 0 Å². The number of aromatic carboxylic acids is 1. The van der Waals surface area contributed by atoms with Gasteiger partial charge in [0.25, 0.3) is 0 Å². The van der Waals surface area contributed by atoms with Gasteiger partial charge in [0.1, 0.15) is 6.10 Å². The van der Waals surface area contributed by atoms with Crippen molar-refractivity contribution in [2.45, 2.75) is 18.6 Å². The summed E-state index contributed by atoms with van der Waals surface area (Å²) in [5.41, 5.74) is 13.9. The van der Waals surface area contributed by atoms with Gasteiger partial charge in [0.05, 0.1) is 11.7 Å². The van der Waals surface area contributed by atoms with E-state index >= 15 is 0 Å². The van der Waals surface area contributed by atoms with Crippen LogP contribution in [-0.2, 0) is 0 Å². The summed E-state index contributed by atoms with van der Waals surface area (Å²) < 4.78 is 0. The molecule has 5 N–H and O–H groups in total. The molecule has 0 heterocycles. The molecule has 0 fully saturated rings. The minimum absolute atomic E-state index is 0.00583. The summed E-state index contributed by atoms with van der Waals surface area (Å²) in [6.07, 6.45) is -2.26. The van der Waals surface area contributed by atoms with Crippen molar-refractivity contribution in [1.82, 2.24) is 0 Å². The van der Waals surface area contributed by atoms with Crippen molar-refractivity contribution in [3.8, 4) is 0 Å². The lowest BCUT2D eigenvalue weighted by atomic mass is 10.00. The van der Waals surface area contributed by atoms with Crippen molar-refractivity contribution in [3.63, 3.8) is 0 Å². The van der Waals surface area contributed by atoms with E-state index in [-0.39, 0.29) is 24.2 Å². The Morgan fingerprint density at radius 3 is 2.68 bits per heavy atom. The summed E-state index contributed by atoms with van der Waals surface area (Å²) >= 11 is 0. The standard InChI is InChI=1S/C11H14N4O4/c12-8-5-6(1-2-7(8)11(18)19)10(17)9(16)3-4-14-15-13/h1-2,5,9-10,16-17H,3-4,12H2,(H,18,19). The van der Waals surface area contributed by atoms with Gasteiger partial charge in [-0.25, -0.2) is 4.79 Å². The number of nitrogen functional groups attached to an aromatic ring is 1. The van der Waals surface area contributed by atoms with Crippen LogP contribution in [-0.4, -0.2) is 33.9 Å². The first-order valence-electron chi connectivity index (χ1n) is 5.47. The quantitative estimate of drug-likeness (QED) is 0.262. The molecule has 0 aliphatic heterocycles. The Kier molecular flexibility index (Phi) is 5.13. The molecule has 102 valence electrons. The average Bonchev–Trinajstić information content (AvgIpc) is 2.37. The number of hydrogen-bond donors (Lipinski definition) is 4. The monoisotopic (exact) mass is 266 g/mol. The van der Waals surface area contributed by atoms with Gasteiger partial charge in [0.15, 0.2) is 0 Å². The molecule has 8 nitrogen and oxygen atoms in total. The number of benzene rings is 1. The van der Waals surface area contributed by atoms with E-state index in [1.54, 1.807) is 0 Å². The zero-order valence-electron chi connectivity index (χ0n) is 9.97. The number of carboxylic acids is 1. The van der Waals surface area contributed by atoms with Gasteiger partial charge in [-0.15, -0.1) is 0 Å². The highest BCUT2D eigenvalue weighted by Crippen LogP contribution is 2.23. The van der Waals surface area contributed by atoms with Crippen molar-refractivity contribution >= 4 is 11.7 Å². The Bertz CT molecular complexity index is 513. The van der Waals surface area contributed by atoms with Gasteiger partial charge in [0, 0.05) is 17.1 Å². The first kappa shape index (κ1) is 14.8. The number of anilines is 1. The van der Waals surface area contributed by atoms with E-state index in [1.165, 1.54) is 18.2 Å². The largest absolute Gasteiger partial charge is 0.478 e. The molecule has 8 heteroatoms. The molecule has 0 amide bonds. The van der Waals surface area contributed by atoms with Crippen LogP contribution in [0.25, 0.3) is 10.4 Å². The number of nitrogens with two attached hydrogens (primary N) is 1. The Balaban J connectivity index is 2.82. The van der Waals surface area contributed by atoms with Gasteiger partial charge < -0.3 is 21.1 Å². The Morgan fingerprint density at radius 1 is 1.47 bits per heavy atom. The molecule has 0 aromatic heterocycles. The van der Waals surface area contributed by atoms with Crippen LogP contribution in [0.2, 0.25) is 0 Å². The van der Waals surface area contributed by atoms with E-state index in [0.29, 0.717) is 5.56 Å². The summed E-state index contributed by atoms with van der Waals surface area (Å²) in [6, 6.07) is 3.93. The van der Waals surface area contributed by atoms with Crippen molar-refractivity contribution in [2.24, 2.45) is 5.11 Å². The van der Waals surface area contributed by atoms with Gasteiger partial charge in [-0.1, -0.05) is 11.2 Å². The summed E-state index contributed by atoms with van der Waals surface area (Å²) in [7, 11) is 0. The molecule has 0 aliphatic rings. The second-order valence-corrected chi connectivity index (χ2v) is 3.91. The fraction of sp³-hybridized carbons (Fsp3) is 0.364. The molecule has 2 unspecified atom stereocenters. The summed E-state index contributed by atoms with van der Waals surface area (Å²) in [5, 5.41) is 31.6. The molecule has 1 aromatic carbocycles. The molecule has 0 saturated heterocycles. The third-order valence-corrected chi connectivity index (χ3v) is 2.60. The molecule has 0 bridgehead atoms. The highest BCUT2D eigenvalue weighted by molar-refractivity contribution is 5.93. The summed E-state index contributed by atoms with van der Waals surface area (Å²) in [4.78, 5) is 13.3. The van der Waals surface area contributed by atoms with Crippen LogP contribution >= 0.6 is 0 Å². The second-order valence-electron chi connectivity index (χ2n) is 3.91. The van der Waals surface area contributed by atoms with Crippen molar-refractivity contribution in [1.29, 1.82) is 0 Å². The van der Waals surface area contributed by atoms with Crippen LogP contribution in [0.3, 0.4) is 0 Å².